The Morgan fingerprint density at radius 1 is 0.889 bits per heavy atom. The monoisotopic (exact) mass is 469 g/mol. The largest absolute Gasteiger partial charge is 0.468 e. The molecule has 0 bridgehead atoms. The summed E-state index contributed by atoms with van der Waals surface area (Å²) in [6.45, 7) is 11.2. The first kappa shape index (κ1) is 22.7. The van der Waals surface area contributed by atoms with Crippen LogP contribution >= 0.6 is 0 Å². The Kier molecular flexibility index (Phi) is 5.52. The average Bonchev–Trinajstić information content (AvgIpc) is 3.27. The molecule has 3 aromatic carbocycles. The lowest BCUT2D eigenvalue weighted by molar-refractivity contribution is 0.651. The lowest BCUT2D eigenvalue weighted by Gasteiger charge is -2.36. The Balaban J connectivity index is 1.70. The summed E-state index contributed by atoms with van der Waals surface area (Å²) >= 11 is 0. The summed E-state index contributed by atoms with van der Waals surface area (Å²) < 4.78 is 6.79. The van der Waals surface area contributed by atoms with Gasteiger partial charge < -0.3 is 9.32 Å². The fourth-order valence-corrected chi connectivity index (χ4v) is 5.94. The van der Waals surface area contributed by atoms with Crippen molar-refractivity contribution in [3.05, 3.63) is 107 Å². The van der Waals surface area contributed by atoms with E-state index in [9.17, 15) is 0 Å². The summed E-state index contributed by atoms with van der Waals surface area (Å²) in [5.41, 5.74) is 14.9. The van der Waals surface area contributed by atoms with Crippen molar-refractivity contribution in [1.29, 1.82) is 0 Å². The molecule has 3 heteroatoms. The van der Waals surface area contributed by atoms with Crippen LogP contribution in [0.25, 0.3) is 16.5 Å². The minimum Gasteiger partial charge on any atom is -0.468 e. The second-order valence-electron chi connectivity index (χ2n) is 10.3. The molecule has 0 fully saturated rings. The van der Waals surface area contributed by atoms with Crippen molar-refractivity contribution in [2.45, 2.75) is 47.5 Å². The summed E-state index contributed by atoms with van der Waals surface area (Å²) in [6.07, 6.45) is 9.07. The third-order valence-electron chi connectivity index (χ3n) is 7.99. The summed E-state index contributed by atoms with van der Waals surface area (Å²) in [5, 5.41) is 1.17. The third kappa shape index (κ3) is 3.41. The molecule has 4 aromatic rings. The van der Waals surface area contributed by atoms with Gasteiger partial charge >= 0.3 is 0 Å². The fourth-order valence-electron chi connectivity index (χ4n) is 5.94. The third-order valence-corrected chi connectivity index (χ3v) is 7.99. The highest BCUT2D eigenvalue weighted by Gasteiger charge is 2.41. The molecule has 2 nitrogen and oxygen atoms in total. The predicted molar refractivity (Wildman–Crippen MR) is 156 cm³/mol. The van der Waals surface area contributed by atoms with E-state index in [1.807, 2.05) is 0 Å². The van der Waals surface area contributed by atoms with Gasteiger partial charge in [0.2, 0.25) is 0 Å². The average molecular weight is 469 g/mol. The van der Waals surface area contributed by atoms with Crippen molar-refractivity contribution in [3.8, 4) is 0 Å². The van der Waals surface area contributed by atoms with Crippen LogP contribution in [-0.2, 0) is 0 Å². The van der Waals surface area contributed by atoms with Gasteiger partial charge in [-0.3, -0.25) is 0 Å². The van der Waals surface area contributed by atoms with Crippen molar-refractivity contribution < 1.29 is 4.42 Å². The highest BCUT2D eigenvalue weighted by atomic mass is 16.3. The van der Waals surface area contributed by atoms with E-state index in [0.29, 0.717) is 0 Å². The maximum atomic E-state index is 6.79. The Morgan fingerprint density at radius 2 is 1.69 bits per heavy atom. The van der Waals surface area contributed by atoms with Gasteiger partial charge in [0.05, 0.1) is 11.3 Å². The first-order valence-electron chi connectivity index (χ1n) is 13.0. The molecule has 36 heavy (non-hydrogen) atoms. The van der Waals surface area contributed by atoms with Gasteiger partial charge in [0.15, 0.2) is 0 Å². The van der Waals surface area contributed by atoms with Gasteiger partial charge in [-0.05, 0) is 93.9 Å². The molecule has 0 atom stereocenters. The zero-order valence-corrected chi connectivity index (χ0v) is 21.9. The van der Waals surface area contributed by atoms with E-state index in [0.717, 1.165) is 24.1 Å². The first-order chi connectivity index (χ1) is 17.5. The zero-order valence-electron chi connectivity index (χ0n) is 21.9. The standard InChI is InChI=1S/C33H32BNO/c1-21(2)23(4)26-17-12-18-28(24(26)5)34-31-22(3)13-11-19-29(31)35(25-14-7-6-8-15-25)32-27-16-9-10-20-30(27)36-33(32)34/h7,9-20H,6,8H2,1-5H3. The van der Waals surface area contributed by atoms with Crippen LogP contribution in [0.4, 0.5) is 11.4 Å². The molecule has 1 aliphatic heterocycles. The molecule has 1 aliphatic carbocycles. The molecule has 1 aromatic heterocycles. The van der Waals surface area contributed by atoms with E-state index in [4.69, 9.17) is 4.42 Å². The fraction of sp³-hybridized carbons (Fsp3) is 0.212. The van der Waals surface area contributed by atoms with Gasteiger partial charge in [-0.1, -0.05) is 71.2 Å². The summed E-state index contributed by atoms with van der Waals surface area (Å²) in [4.78, 5) is 2.44. The van der Waals surface area contributed by atoms with Gasteiger partial charge in [0.25, 0.3) is 6.71 Å². The number of nitrogens with zero attached hydrogens (tertiary/aromatic N) is 1. The Bertz CT molecular complexity index is 1600. The van der Waals surface area contributed by atoms with E-state index in [2.05, 4.69) is 118 Å². The molecular weight excluding hydrogens is 437 g/mol. The lowest BCUT2D eigenvalue weighted by Crippen LogP contribution is -2.58. The van der Waals surface area contributed by atoms with Crippen LogP contribution < -0.4 is 21.5 Å². The number of anilines is 2. The van der Waals surface area contributed by atoms with Gasteiger partial charge in [0.1, 0.15) is 5.58 Å². The lowest BCUT2D eigenvalue weighted by atomic mass is 9.35. The molecule has 0 spiro atoms. The number of hydrogen-bond acceptors (Lipinski definition) is 2. The molecule has 0 saturated heterocycles. The molecule has 6 rings (SSSR count). The van der Waals surface area contributed by atoms with Crippen molar-refractivity contribution in [1.82, 2.24) is 0 Å². The number of aryl methyl sites for hydroxylation is 1. The molecule has 2 heterocycles. The second kappa shape index (κ2) is 8.74. The summed E-state index contributed by atoms with van der Waals surface area (Å²) in [6, 6.07) is 22.0. The smallest absolute Gasteiger partial charge is 0.293 e. The van der Waals surface area contributed by atoms with E-state index in [-0.39, 0.29) is 6.71 Å². The second-order valence-corrected chi connectivity index (χ2v) is 10.3. The maximum absolute atomic E-state index is 6.79. The minimum absolute atomic E-state index is 0.0259. The van der Waals surface area contributed by atoms with Crippen molar-refractivity contribution in [3.63, 3.8) is 0 Å². The first-order valence-corrected chi connectivity index (χ1v) is 13.0. The number of hydrogen-bond donors (Lipinski definition) is 0. The molecule has 0 unspecified atom stereocenters. The number of benzene rings is 3. The van der Waals surface area contributed by atoms with Crippen LogP contribution in [-0.4, -0.2) is 6.71 Å². The van der Waals surface area contributed by atoms with E-state index in [1.165, 1.54) is 61.2 Å². The predicted octanol–water partition coefficient (Wildman–Crippen LogP) is 7.06. The quantitative estimate of drug-likeness (QED) is 0.299. The van der Waals surface area contributed by atoms with Crippen molar-refractivity contribution >= 4 is 51.2 Å². The molecular formula is C33H32BNO. The molecule has 0 amide bonds. The number of furan rings is 1. The van der Waals surface area contributed by atoms with Crippen LogP contribution in [0.1, 0.15) is 50.3 Å². The number of para-hydroxylation sites is 1. The van der Waals surface area contributed by atoms with Gasteiger partial charge in [-0.25, -0.2) is 0 Å². The van der Waals surface area contributed by atoms with Crippen LogP contribution in [0.3, 0.4) is 0 Å². The Labute approximate surface area is 214 Å². The van der Waals surface area contributed by atoms with Crippen LogP contribution in [0.2, 0.25) is 0 Å². The van der Waals surface area contributed by atoms with E-state index >= 15 is 0 Å². The normalized spacial score (nSPS) is 14.5. The highest BCUT2D eigenvalue weighted by molar-refractivity contribution is 6.98. The van der Waals surface area contributed by atoms with Crippen LogP contribution in [0.15, 0.2) is 94.6 Å². The van der Waals surface area contributed by atoms with Crippen molar-refractivity contribution in [2.75, 3.05) is 4.90 Å². The van der Waals surface area contributed by atoms with Crippen LogP contribution in [0.5, 0.6) is 0 Å². The topological polar surface area (TPSA) is 16.4 Å². The maximum Gasteiger partial charge on any atom is 0.293 e. The van der Waals surface area contributed by atoms with E-state index in [1.54, 1.807) is 0 Å². The number of rotatable bonds is 3. The number of allylic oxidation sites excluding steroid dienone is 5. The van der Waals surface area contributed by atoms with Gasteiger partial charge in [0, 0.05) is 16.8 Å². The molecule has 2 aliphatic rings. The molecule has 0 N–H and O–H groups in total. The van der Waals surface area contributed by atoms with Gasteiger partial charge in [-0.15, -0.1) is 0 Å². The summed E-state index contributed by atoms with van der Waals surface area (Å²) in [7, 11) is 0. The summed E-state index contributed by atoms with van der Waals surface area (Å²) in [5.74, 6) is 0. The highest BCUT2D eigenvalue weighted by Crippen LogP contribution is 2.40. The van der Waals surface area contributed by atoms with Gasteiger partial charge in [-0.2, -0.15) is 0 Å². The molecule has 0 saturated carbocycles. The van der Waals surface area contributed by atoms with E-state index < -0.39 is 0 Å². The van der Waals surface area contributed by atoms with Crippen molar-refractivity contribution in [2.24, 2.45) is 0 Å². The molecule has 0 radical (unpaired) electrons. The van der Waals surface area contributed by atoms with Crippen LogP contribution in [0, 0.1) is 13.8 Å². The number of fused-ring (bicyclic) bond motifs is 4. The Morgan fingerprint density at radius 3 is 2.47 bits per heavy atom. The zero-order chi connectivity index (χ0) is 25.0. The SMILES string of the molecule is CC(C)=C(C)c1cccc(B2c3oc4ccccc4c3N(C3=CCCC=C3)c3cccc(C)c32)c1C. The Hall–Kier alpha value is -3.72. The minimum atomic E-state index is 0.0259. The molecule has 178 valence electrons.